The van der Waals surface area contributed by atoms with Gasteiger partial charge in [0.15, 0.2) is 5.82 Å². The van der Waals surface area contributed by atoms with Crippen LogP contribution in [0, 0.1) is 0 Å². The van der Waals surface area contributed by atoms with Crippen LogP contribution in [0.1, 0.15) is 30.2 Å². The summed E-state index contributed by atoms with van der Waals surface area (Å²) >= 11 is 0. The van der Waals surface area contributed by atoms with E-state index >= 15 is 0 Å². The third-order valence-corrected chi connectivity index (χ3v) is 4.18. The first-order valence-electron chi connectivity index (χ1n) is 9.06. The number of hydrogen-bond donors (Lipinski definition) is 2. The van der Waals surface area contributed by atoms with E-state index in [1.54, 1.807) is 36.7 Å². The minimum atomic E-state index is -0.277. The Hall–Kier alpha value is -4.01. The zero-order chi connectivity index (χ0) is 20.2. The van der Waals surface area contributed by atoms with Gasteiger partial charge in [-0.2, -0.15) is 0 Å². The average molecular weight is 389 g/mol. The number of anilines is 3. The lowest BCUT2D eigenvalue weighted by Crippen LogP contribution is -2.13. The van der Waals surface area contributed by atoms with Crippen molar-refractivity contribution in [1.29, 1.82) is 0 Å². The first kappa shape index (κ1) is 18.4. The molecule has 2 N–H and O–H groups in total. The molecule has 0 saturated heterocycles. The van der Waals surface area contributed by atoms with Gasteiger partial charge in [0.25, 0.3) is 5.91 Å². The number of benzene rings is 1. The van der Waals surface area contributed by atoms with E-state index in [-0.39, 0.29) is 11.9 Å². The number of hydrogen-bond acceptors (Lipinski definition) is 7. The van der Waals surface area contributed by atoms with Crippen LogP contribution in [-0.4, -0.2) is 30.8 Å². The van der Waals surface area contributed by atoms with E-state index in [9.17, 15) is 4.79 Å². The third-order valence-electron chi connectivity index (χ3n) is 4.18. The molecule has 4 aromatic rings. The summed E-state index contributed by atoms with van der Waals surface area (Å²) in [7, 11) is 0. The maximum absolute atomic E-state index is 12.7. The summed E-state index contributed by atoms with van der Waals surface area (Å²) in [5.41, 5.74) is 1.82. The minimum absolute atomic E-state index is 0.194. The Morgan fingerprint density at radius 2 is 2.00 bits per heavy atom. The number of nitrogens with zero attached hydrogens (tertiary/aromatic N) is 5. The fourth-order valence-corrected chi connectivity index (χ4v) is 2.78. The number of rotatable bonds is 6. The number of pyridine rings is 1. The van der Waals surface area contributed by atoms with Crippen molar-refractivity contribution in [3.05, 3.63) is 66.6 Å². The standard InChI is InChI=1S/C20H19N7O2/c1-13(2)27-12-21-26-19(27)16-7-4-8-17(24-16)25-20(28)14-5-3-6-15(11-14)23-18-9-10-22-29-18/h3-13,23H,1-2H3,(H,24,25,28). The molecule has 1 amide bonds. The van der Waals surface area contributed by atoms with Crippen molar-refractivity contribution in [3.8, 4) is 11.5 Å². The van der Waals surface area contributed by atoms with E-state index in [4.69, 9.17) is 4.52 Å². The molecular weight excluding hydrogens is 370 g/mol. The number of aromatic nitrogens is 5. The van der Waals surface area contributed by atoms with Gasteiger partial charge in [0.1, 0.15) is 17.8 Å². The van der Waals surface area contributed by atoms with Gasteiger partial charge in [-0.25, -0.2) is 4.98 Å². The number of nitrogens with one attached hydrogen (secondary N) is 2. The monoisotopic (exact) mass is 389 g/mol. The summed E-state index contributed by atoms with van der Waals surface area (Å²) < 4.78 is 6.95. The molecule has 0 spiro atoms. The molecule has 9 heteroatoms. The lowest BCUT2D eigenvalue weighted by Gasteiger charge is -2.11. The first-order valence-corrected chi connectivity index (χ1v) is 9.06. The predicted octanol–water partition coefficient (Wildman–Crippen LogP) is 3.90. The lowest BCUT2D eigenvalue weighted by molar-refractivity contribution is 0.102. The zero-order valence-electron chi connectivity index (χ0n) is 15.9. The summed E-state index contributed by atoms with van der Waals surface area (Å²) in [5.74, 6) is 1.29. The SMILES string of the molecule is CC(C)n1cnnc1-c1cccc(NC(=O)c2cccc(Nc3ccno3)c2)n1. The zero-order valence-corrected chi connectivity index (χ0v) is 15.9. The Bertz CT molecular complexity index is 1120. The molecule has 0 bridgehead atoms. The first-order chi connectivity index (χ1) is 14.1. The van der Waals surface area contributed by atoms with Gasteiger partial charge in [-0.15, -0.1) is 10.2 Å². The predicted molar refractivity (Wildman–Crippen MR) is 108 cm³/mol. The van der Waals surface area contributed by atoms with Crippen LogP contribution in [0.15, 0.2) is 65.6 Å². The Morgan fingerprint density at radius 1 is 1.14 bits per heavy atom. The van der Waals surface area contributed by atoms with Gasteiger partial charge in [0.2, 0.25) is 5.88 Å². The third kappa shape index (κ3) is 4.13. The van der Waals surface area contributed by atoms with E-state index in [0.717, 1.165) is 0 Å². The van der Waals surface area contributed by atoms with Crippen LogP contribution in [0.4, 0.5) is 17.4 Å². The van der Waals surface area contributed by atoms with Crippen molar-refractivity contribution in [2.45, 2.75) is 19.9 Å². The van der Waals surface area contributed by atoms with Crippen molar-refractivity contribution in [1.82, 2.24) is 24.9 Å². The van der Waals surface area contributed by atoms with Crippen LogP contribution >= 0.6 is 0 Å². The van der Waals surface area contributed by atoms with E-state index in [2.05, 4.69) is 31.0 Å². The highest BCUT2D eigenvalue weighted by molar-refractivity contribution is 6.04. The average Bonchev–Trinajstić information content (AvgIpc) is 3.40. The van der Waals surface area contributed by atoms with Crippen molar-refractivity contribution in [2.75, 3.05) is 10.6 Å². The molecule has 1 aromatic carbocycles. The molecule has 4 rings (SSSR count). The second kappa shape index (κ2) is 7.93. The van der Waals surface area contributed by atoms with Crippen LogP contribution in [0.25, 0.3) is 11.5 Å². The molecule has 0 radical (unpaired) electrons. The maximum Gasteiger partial charge on any atom is 0.256 e. The molecule has 29 heavy (non-hydrogen) atoms. The van der Waals surface area contributed by atoms with Crippen molar-refractivity contribution in [2.24, 2.45) is 0 Å². The quantitative estimate of drug-likeness (QED) is 0.514. The fraction of sp³-hybridized carbons (Fsp3) is 0.150. The van der Waals surface area contributed by atoms with E-state index < -0.39 is 0 Å². The van der Waals surface area contributed by atoms with E-state index in [0.29, 0.717) is 34.5 Å². The van der Waals surface area contributed by atoms with Crippen LogP contribution in [-0.2, 0) is 0 Å². The fourth-order valence-electron chi connectivity index (χ4n) is 2.78. The van der Waals surface area contributed by atoms with Gasteiger partial charge >= 0.3 is 0 Å². The topological polar surface area (TPSA) is 111 Å². The Morgan fingerprint density at radius 3 is 2.79 bits per heavy atom. The van der Waals surface area contributed by atoms with E-state index in [1.807, 2.05) is 36.6 Å². The molecule has 0 aliphatic carbocycles. The molecule has 0 fully saturated rings. The van der Waals surface area contributed by atoms with Crippen LogP contribution in [0.2, 0.25) is 0 Å². The lowest BCUT2D eigenvalue weighted by atomic mass is 10.2. The van der Waals surface area contributed by atoms with Crippen LogP contribution < -0.4 is 10.6 Å². The molecule has 0 unspecified atom stereocenters. The molecular formula is C20H19N7O2. The molecule has 0 aliphatic rings. The molecule has 0 aliphatic heterocycles. The second-order valence-corrected chi connectivity index (χ2v) is 6.60. The molecule has 0 atom stereocenters. The van der Waals surface area contributed by atoms with Crippen molar-refractivity contribution in [3.63, 3.8) is 0 Å². The number of amides is 1. The smallest absolute Gasteiger partial charge is 0.256 e. The van der Waals surface area contributed by atoms with Gasteiger partial charge < -0.3 is 19.7 Å². The summed E-state index contributed by atoms with van der Waals surface area (Å²) in [4.78, 5) is 17.2. The molecule has 3 heterocycles. The molecule has 0 saturated carbocycles. The summed E-state index contributed by atoms with van der Waals surface area (Å²) in [5, 5.41) is 17.6. The van der Waals surface area contributed by atoms with Crippen molar-refractivity contribution < 1.29 is 9.32 Å². The van der Waals surface area contributed by atoms with Gasteiger partial charge in [-0.05, 0) is 44.2 Å². The number of carbonyl (C=O) groups excluding carboxylic acids is 1. The van der Waals surface area contributed by atoms with Crippen LogP contribution in [0.5, 0.6) is 0 Å². The van der Waals surface area contributed by atoms with E-state index in [1.165, 1.54) is 6.20 Å². The molecule has 9 nitrogen and oxygen atoms in total. The summed E-state index contributed by atoms with van der Waals surface area (Å²) in [6.45, 7) is 4.08. The minimum Gasteiger partial charge on any atom is -0.339 e. The summed E-state index contributed by atoms with van der Waals surface area (Å²) in [6.07, 6.45) is 3.21. The maximum atomic E-state index is 12.7. The van der Waals surface area contributed by atoms with Gasteiger partial charge in [0, 0.05) is 23.4 Å². The van der Waals surface area contributed by atoms with Crippen LogP contribution in [0.3, 0.4) is 0 Å². The van der Waals surface area contributed by atoms with Gasteiger partial charge in [-0.1, -0.05) is 17.3 Å². The Balaban J connectivity index is 1.52. The largest absolute Gasteiger partial charge is 0.339 e. The van der Waals surface area contributed by atoms with Crippen molar-refractivity contribution >= 4 is 23.3 Å². The van der Waals surface area contributed by atoms with Gasteiger partial charge in [-0.3, -0.25) is 4.79 Å². The highest BCUT2D eigenvalue weighted by Gasteiger charge is 2.13. The molecule has 3 aromatic heterocycles. The second-order valence-electron chi connectivity index (χ2n) is 6.60. The highest BCUT2D eigenvalue weighted by atomic mass is 16.5. The Kier molecular flexibility index (Phi) is 5.02. The Labute approximate surface area is 166 Å². The molecule has 146 valence electrons. The summed E-state index contributed by atoms with van der Waals surface area (Å²) in [6, 6.07) is 14.3. The highest BCUT2D eigenvalue weighted by Crippen LogP contribution is 2.21. The normalized spacial score (nSPS) is 10.9. The van der Waals surface area contributed by atoms with Gasteiger partial charge in [0.05, 0.1) is 6.20 Å². The number of carbonyl (C=O) groups is 1.